The molecule has 0 aliphatic carbocycles. The molecule has 2 aromatic rings. The molecule has 0 spiro atoms. The second-order valence-electron chi connectivity index (χ2n) is 7.53. The zero-order chi connectivity index (χ0) is 18.7. The lowest BCUT2D eigenvalue weighted by Gasteiger charge is -2.24. The average molecular weight is 358 g/mol. The van der Waals surface area contributed by atoms with Crippen molar-refractivity contribution < 1.29 is 14.3 Å². The van der Waals surface area contributed by atoms with Crippen molar-refractivity contribution in [3.63, 3.8) is 0 Å². The van der Waals surface area contributed by atoms with Crippen LogP contribution in [-0.4, -0.2) is 53.3 Å². The van der Waals surface area contributed by atoms with Gasteiger partial charge < -0.3 is 19.7 Å². The highest BCUT2D eigenvalue weighted by molar-refractivity contribution is 5.77. The molecular weight excluding hydrogens is 332 g/mol. The fourth-order valence-electron chi connectivity index (χ4n) is 2.97. The summed E-state index contributed by atoms with van der Waals surface area (Å²) in [6.07, 6.45) is 0.679. The van der Waals surface area contributed by atoms with Crippen molar-refractivity contribution in [2.75, 3.05) is 32.1 Å². The summed E-state index contributed by atoms with van der Waals surface area (Å²) in [5.41, 5.74) is 1.14. The molecule has 1 atom stereocenters. The number of amides is 1. The van der Waals surface area contributed by atoms with Crippen LogP contribution in [0.2, 0.25) is 0 Å². The van der Waals surface area contributed by atoms with E-state index in [9.17, 15) is 4.79 Å². The number of nitrogens with one attached hydrogen (secondary N) is 1. The van der Waals surface area contributed by atoms with Crippen molar-refractivity contribution in [3.05, 3.63) is 24.3 Å². The maximum atomic E-state index is 12.2. The molecule has 3 rings (SSSR count). The minimum Gasteiger partial charge on any atom is -0.478 e. The molecule has 0 saturated carbocycles. The van der Waals surface area contributed by atoms with Crippen LogP contribution in [0.1, 0.15) is 27.2 Å². The van der Waals surface area contributed by atoms with E-state index in [0.717, 1.165) is 17.5 Å². The standard InChI is InChI=1S/C19H26N4O3/c1-19(2,3)26-18(24)23-10-9-13(12-23)11-20-16-17(25-4)22-15-8-6-5-7-14(15)21-16/h5-8,13H,9-12H2,1-4H3,(H,20,21)/t13-/m0/s1. The maximum absolute atomic E-state index is 12.2. The van der Waals surface area contributed by atoms with Crippen molar-refractivity contribution in [2.24, 2.45) is 5.92 Å². The smallest absolute Gasteiger partial charge is 0.410 e. The zero-order valence-corrected chi connectivity index (χ0v) is 15.8. The molecule has 7 heteroatoms. The van der Waals surface area contributed by atoms with E-state index in [-0.39, 0.29) is 6.09 Å². The number of fused-ring (bicyclic) bond motifs is 1. The van der Waals surface area contributed by atoms with E-state index in [4.69, 9.17) is 9.47 Å². The summed E-state index contributed by atoms with van der Waals surface area (Å²) in [4.78, 5) is 23.0. The monoisotopic (exact) mass is 358 g/mol. The molecule has 0 unspecified atom stereocenters. The first-order valence-electron chi connectivity index (χ1n) is 8.88. The van der Waals surface area contributed by atoms with Crippen LogP contribution in [0, 0.1) is 5.92 Å². The van der Waals surface area contributed by atoms with Gasteiger partial charge in [-0.1, -0.05) is 12.1 Å². The van der Waals surface area contributed by atoms with E-state index in [0.29, 0.717) is 37.3 Å². The van der Waals surface area contributed by atoms with Crippen LogP contribution < -0.4 is 10.1 Å². The topological polar surface area (TPSA) is 76.6 Å². The molecule has 1 aromatic carbocycles. The Bertz CT molecular complexity index is 788. The van der Waals surface area contributed by atoms with Crippen molar-refractivity contribution in [1.29, 1.82) is 0 Å². The fraction of sp³-hybridized carbons (Fsp3) is 0.526. The Balaban J connectivity index is 1.61. The Morgan fingerprint density at radius 3 is 2.62 bits per heavy atom. The molecule has 140 valence electrons. The third kappa shape index (κ3) is 4.33. The van der Waals surface area contributed by atoms with Gasteiger partial charge in [0.1, 0.15) is 5.60 Å². The van der Waals surface area contributed by atoms with Crippen LogP contribution in [0.3, 0.4) is 0 Å². The van der Waals surface area contributed by atoms with E-state index in [1.807, 2.05) is 45.0 Å². The molecule has 1 fully saturated rings. The van der Waals surface area contributed by atoms with Gasteiger partial charge >= 0.3 is 6.09 Å². The first-order chi connectivity index (χ1) is 12.4. The zero-order valence-electron chi connectivity index (χ0n) is 15.8. The number of carbonyl (C=O) groups is 1. The predicted octanol–water partition coefficient (Wildman–Crippen LogP) is 3.31. The molecule has 1 aliphatic rings. The number of hydrogen-bond acceptors (Lipinski definition) is 6. The summed E-state index contributed by atoms with van der Waals surface area (Å²) in [6, 6.07) is 7.69. The lowest BCUT2D eigenvalue weighted by Crippen LogP contribution is -2.35. The quantitative estimate of drug-likeness (QED) is 0.904. The van der Waals surface area contributed by atoms with Crippen molar-refractivity contribution in [2.45, 2.75) is 32.8 Å². The Morgan fingerprint density at radius 2 is 1.96 bits per heavy atom. The number of hydrogen-bond donors (Lipinski definition) is 1. The van der Waals surface area contributed by atoms with Gasteiger partial charge in [0.15, 0.2) is 5.82 Å². The fourth-order valence-corrected chi connectivity index (χ4v) is 2.97. The van der Waals surface area contributed by atoms with Crippen LogP contribution in [-0.2, 0) is 4.74 Å². The summed E-state index contributed by atoms with van der Waals surface area (Å²) in [7, 11) is 1.59. The SMILES string of the molecule is COc1nc2ccccc2nc1NC[C@@H]1CCN(C(=O)OC(C)(C)C)C1. The number of methoxy groups -OCH3 is 1. The van der Waals surface area contributed by atoms with E-state index in [1.54, 1.807) is 12.0 Å². The number of carbonyl (C=O) groups excluding carboxylic acids is 1. The molecule has 7 nitrogen and oxygen atoms in total. The minimum absolute atomic E-state index is 0.247. The van der Waals surface area contributed by atoms with Crippen LogP contribution >= 0.6 is 0 Å². The Hall–Kier alpha value is -2.57. The molecule has 1 amide bonds. The highest BCUT2D eigenvalue weighted by atomic mass is 16.6. The first-order valence-corrected chi connectivity index (χ1v) is 8.88. The van der Waals surface area contributed by atoms with Crippen LogP contribution in [0.4, 0.5) is 10.6 Å². The lowest BCUT2D eigenvalue weighted by atomic mass is 10.1. The number of benzene rings is 1. The lowest BCUT2D eigenvalue weighted by molar-refractivity contribution is 0.0289. The molecule has 1 aliphatic heterocycles. The van der Waals surface area contributed by atoms with Gasteiger partial charge in [-0.25, -0.2) is 14.8 Å². The number of rotatable bonds is 4. The number of ether oxygens (including phenoxy) is 2. The van der Waals surface area contributed by atoms with E-state index >= 15 is 0 Å². The minimum atomic E-state index is -0.471. The van der Waals surface area contributed by atoms with Gasteiger partial charge in [0.25, 0.3) is 5.88 Å². The summed E-state index contributed by atoms with van der Waals surface area (Å²) >= 11 is 0. The number of para-hydroxylation sites is 2. The number of aromatic nitrogens is 2. The van der Waals surface area contributed by atoms with Crippen molar-refractivity contribution >= 4 is 22.9 Å². The molecule has 1 N–H and O–H groups in total. The average Bonchev–Trinajstić information content (AvgIpc) is 3.07. The molecule has 26 heavy (non-hydrogen) atoms. The van der Waals surface area contributed by atoms with E-state index < -0.39 is 5.60 Å². The van der Waals surface area contributed by atoms with Crippen LogP contribution in [0.25, 0.3) is 11.0 Å². The van der Waals surface area contributed by atoms with Crippen molar-refractivity contribution in [3.8, 4) is 5.88 Å². The molecular formula is C19H26N4O3. The number of likely N-dealkylation sites (tertiary alicyclic amines) is 1. The first kappa shape index (κ1) is 18.2. The molecule has 1 aromatic heterocycles. The van der Waals surface area contributed by atoms with Gasteiger partial charge in [0.05, 0.1) is 18.1 Å². The van der Waals surface area contributed by atoms with Gasteiger partial charge in [-0.2, -0.15) is 0 Å². The highest BCUT2D eigenvalue weighted by Crippen LogP contribution is 2.25. The Kier molecular flexibility index (Phi) is 5.15. The largest absolute Gasteiger partial charge is 0.478 e. The number of nitrogens with zero attached hydrogens (tertiary/aromatic N) is 3. The third-order valence-corrected chi connectivity index (χ3v) is 4.23. The second kappa shape index (κ2) is 7.35. The van der Waals surface area contributed by atoms with Gasteiger partial charge in [0.2, 0.25) is 0 Å². The molecule has 0 bridgehead atoms. The van der Waals surface area contributed by atoms with Gasteiger partial charge in [-0.05, 0) is 45.2 Å². The normalized spacial score (nSPS) is 17.4. The summed E-state index contributed by atoms with van der Waals surface area (Å²) in [6.45, 7) is 7.72. The summed E-state index contributed by atoms with van der Waals surface area (Å²) < 4.78 is 10.8. The predicted molar refractivity (Wildman–Crippen MR) is 100 cm³/mol. The van der Waals surface area contributed by atoms with E-state index in [2.05, 4.69) is 15.3 Å². The summed E-state index contributed by atoms with van der Waals surface area (Å²) in [5, 5.41) is 3.33. The molecule has 2 heterocycles. The van der Waals surface area contributed by atoms with Crippen molar-refractivity contribution in [1.82, 2.24) is 14.9 Å². The van der Waals surface area contributed by atoms with Crippen LogP contribution in [0.15, 0.2) is 24.3 Å². The molecule has 0 radical (unpaired) electrons. The maximum Gasteiger partial charge on any atom is 0.410 e. The van der Waals surface area contributed by atoms with Crippen LogP contribution in [0.5, 0.6) is 5.88 Å². The molecule has 1 saturated heterocycles. The summed E-state index contributed by atoms with van der Waals surface area (Å²) in [5.74, 6) is 1.44. The van der Waals surface area contributed by atoms with E-state index in [1.165, 1.54) is 0 Å². The number of anilines is 1. The highest BCUT2D eigenvalue weighted by Gasteiger charge is 2.29. The Labute approximate surface area is 153 Å². The Morgan fingerprint density at radius 1 is 1.27 bits per heavy atom. The second-order valence-corrected chi connectivity index (χ2v) is 7.53. The third-order valence-electron chi connectivity index (χ3n) is 4.23. The van der Waals surface area contributed by atoms with Gasteiger partial charge in [-0.3, -0.25) is 0 Å². The van der Waals surface area contributed by atoms with Gasteiger partial charge in [0, 0.05) is 19.6 Å². The van der Waals surface area contributed by atoms with Gasteiger partial charge in [-0.15, -0.1) is 0 Å².